The second kappa shape index (κ2) is 19.8. The quantitative estimate of drug-likeness (QED) is 0.105. The zero-order valence-corrected chi connectivity index (χ0v) is 27.6. The molecule has 0 amide bonds. The minimum absolute atomic E-state index is 0.0919. The third-order valence-electron chi connectivity index (χ3n) is 6.80. The van der Waals surface area contributed by atoms with E-state index in [-0.39, 0.29) is 5.60 Å². The Morgan fingerprint density at radius 3 is 1.29 bits per heavy atom. The Bertz CT molecular complexity index is 1190. The van der Waals surface area contributed by atoms with Gasteiger partial charge in [0.2, 0.25) is 0 Å². The molecule has 1 aliphatic heterocycles. The van der Waals surface area contributed by atoms with Crippen LogP contribution in [0.25, 0.3) is 0 Å². The van der Waals surface area contributed by atoms with E-state index in [0.29, 0.717) is 6.10 Å². The number of epoxide rings is 1. The maximum atomic E-state index is 5.67. The van der Waals surface area contributed by atoms with Gasteiger partial charge in [-0.2, -0.15) is 0 Å². The summed E-state index contributed by atoms with van der Waals surface area (Å²) < 4.78 is 5.67. The number of allylic oxidation sites excluding steroid dienone is 24. The highest BCUT2D eigenvalue weighted by molar-refractivity contribution is 5.32. The van der Waals surface area contributed by atoms with Gasteiger partial charge in [0.1, 0.15) is 0 Å². The van der Waals surface area contributed by atoms with E-state index in [2.05, 4.69) is 173 Å². The maximum absolute atomic E-state index is 5.67. The number of hydrogen-bond donors (Lipinski definition) is 0. The summed E-state index contributed by atoms with van der Waals surface area (Å²) in [5.41, 5.74) is 9.17. The molecule has 0 saturated carbocycles. The molecule has 0 aromatic carbocycles. The summed E-state index contributed by atoms with van der Waals surface area (Å²) in [6, 6.07) is 0. The molecular weight excluding hydrogens is 496 g/mol. The summed E-state index contributed by atoms with van der Waals surface area (Å²) in [6.45, 7) is 21.5. The van der Waals surface area contributed by atoms with E-state index in [1.54, 1.807) is 0 Å². The molecule has 0 bridgehead atoms. The molecule has 1 nitrogen and oxygen atoms in total. The Kier molecular flexibility index (Phi) is 17.4. The minimum atomic E-state index is 0.0919. The minimum Gasteiger partial charge on any atom is -0.367 e. The highest BCUT2D eigenvalue weighted by Crippen LogP contribution is 2.38. The zero-order valence-electron chi connectivity index (χ0n) is 27.6. The molecule has 0 aliphatic carbocycles. The van der Waals surface area contributed by atoms with E-state index in [4.69, 9.17) is 4.74 Å². The third kappa shape index (κ3) is 19.5. The summed E-state index contributed by atoms with van der Waals surface area (Å²) in [5, 5.41) is 0. The monoisotopic (exact) mass is 552 g/mol. The van der Waals surface area contributed by atoms with E-state index >= 15 is 0 Å². The van der Waals surface area contributed by atoms with Gasteiger partial charge >= 0.3 is 0 Å². The van der Waals surface area contributed by atoms with Crippen LogP contribution in [0.3, 0.4) is 0 Å². The first-order valence-corrected chi connectivity index (χ1v) is 15.1. The molecule has 0 aromatic heterocycles. The van der Waals surface area contributed by atoms with E-state index in [1.807, 2.05) is 0 Å². The summed E-state index contributed by atoms with van der Waals surface area (Å²) in [5.74, 6) is 0. The van der Waals surface area contributed by atoms with Crippen LogP contribution in [-0.4, -0.2) is 11.7 Å². The highest BCUT2D eigenvalue weighted by Gasteiger charge is 2.46. The van der Waals surface area contributed by atoms with E-state index < -0.39 is 0 Å². The van der Waals surface area contributed by atoms with Gasteiger partial charge in [-0.1, -0.05) is 142 Å². The van der Waals surface area contributed by atoms with Gasteiger partial charge in [-0.05, 0) is 94.9 Å². The highest BCUT2D eigenvalue weighted by atomic mass is 16.6. The van der Waals surface area contributed by atoms with Gasteiger partial charge in [0, 0.05) is 0 Å². The van der Waals surface area contributed by atoms with Crippen molar-refractivity contribution in [3.8, 4) is 0 Å². The Balaban J connectivity index is 2.45. The molecule has 0 N–H and O–H groups in total. The van der Waals surface area contributed by atoms with Gasteiger partial charge in [0.15, 0.2) is 0 Å². The Morgan fingerprint density at radius 1 is 0.537 bits per heavy atom. The molecule has 1 atom stereocenters. The van der Waals surface area contributed by atoms with Gasteiger partial charge < -0.3 is 4.74 Å². The fourth-order valence-electron chi connectivity index (χ4n) is 3.92. The molecule has 222 valence electrons. The van der Waals surface area contributed by atoms with Crippen LogP contribution in [0.1, 0.15) is 94.9 Å². The van der Waals surface area contributed by atoms with Crippen molar-refractivity contribution >= 4 is 0 Å². The molecular formula is C40H56O. The van der Waals surface area contributed by atoms with E-state index in [9.17, 15) is 0 Å². The number of hydrogen-bond acceptors (Lipinski definition) is 1. The van der Waals surface area contributed by atoms with Crippen LogP contribution in [0, 0.1) is 0 Å². The number of ether oxygens (including phenoxy) is 1. The molecule has 0 radical (unpaired) electrons. The summed E-state index contributed by atoms with van der Waals surface area (Å²) in [4.78, 5) is 0. The lowest BCUT2D eigenvalue weighted by atomic mass is 10.0. The number of rotatable bonds is 16. The normalized spacial score (nSPS) is 19.6. The molecule has 1 heteroatoms. The third-order valence-corrected chi connectivity index (χ3v) is 6.80. The predicted molar refractivity (Wildman–Crippen MR) is 185 cm³/mol. The van der Waals surface area contributed by atoms with Crippen LogP contribution in [0.15, 0.2) is 142 Å². The van der Waals surface area contributed by atoms with Crippen molar-refractivity contribution in [3.63, 3.8) is 0 Å². The van der Waals surface area contributed by atoms with E-state index in [0.717, 1.165) is 25.7 Å². The molecule has 41 heavy (non-hydrogen) atoms. The fourth-order valence-corrected chi connectivity index (χ4v) is 3.92. The van der Waals surface area contributed by atoms with Crippen LogP contribution in [-0.2, 0) is 4.74 Å². The maximum Gasteiger partial charge on any atom is 0.0892 e. The van der Waals surface area contributed by atoms with Crippen molar-refractivity contribution in [2.75, 3.05) is 0 Å². The van der Waals surface area contributed by atoms with Crippen LogP contribution in [0.5, 0.6) is 0 Å². The average molecular weight is 553 g/mol. The molecule has 0 spiro atoms. The first-order valence-electron chi connectivity index (χ1n) is 15.1. The summed E-state index contributed by atoms with van der Waals surface area (Å²) in [6.07, 6.45) is 41.4. The zero-order chi connectivity index (χ0) is 30.7. The molecule has 0 aromatic rings. The van der Waals surface area contributed by atoms with Crippen molar-refractivity contribution in [2.24, 2.45) is 0 Å². The summed E-state index contributed by atoms with van der Waals surface area (Å²) >= 11 is 0. The van der Waals surface area contributed by atoms with Crippen molar-refractivity contribution in [2.45, 2.75) is 107 Å². The standard InChI is InChI=1S/C40H56O/c1-32(2)18-13-21-35(5)24-16-27-36(6)25-14-22-33(3)19-11-12-20-34(4)23-15-26-37(7)28-17-29-38(8)30-31-39-40(9,10)41-39/h11-12,14-20,22-29,39H,13,21,30-31H2,1-10H3/b12-11+,22-14+,23-15+,27-16+,28-17+,33-19+,34-20+,35-24+,36-25+,37-26+,38-29+/t39-/m1/s1. The van der Waals surface area contributed by atoms with Crippen molar-refractivity contribution in [1.82, 2.24) is 0 Å². The first-order chi connectivity index (χ1) is 19.4. The fraction of sp³-hybridized carbons (Fsp3) is 0.400. The second-order valence-corrected chi connectivity index (χ2v) is 12.1. The topological polar surface area (TPSA) is 12.5 Å². The second-order valence-electron chi connectivity index (χ2n) is 12.1. The average Bonchev–Trinajstić information content (AvgIpc) is 3.51. The smallest absolute Gasteiger partial charge is 0.0892 e. The lowest BCUT2D eigenvalue weighted by molar-refractivity contribution is 0.320. The van der Waals surface area contributed by atoms with Gasteiger partial charge in [0.05, 0.1) is 11.7 Å². The SMILES string of the molecule is CC(C)=CCC/C(C)=C/C=C/C(C)=C/C=C/C(C)=C/C=C/C=C(C)/C=C/C=C(C)/C=C/C=C(\C)CC[C@H]1OC1(C)C. The van der Waals surface area contributed by atoms with Crippen molar-refractivity contribution in [3.05, 3.63) is 142 Å². The van der Waals surface area contributed by atoms with Gasteiger partial charge in [-0.3, -0.25) is 0 Å². The van der Waals surface area contributed by atoms with Crippen LogP contribution in [0.4, 0.5) is 0 Å². The lowest BCUT2D eigenvalue weighted by Crippen LogP contribution is -2.02. The molecule has 1 heterocycles. The van der Waals surface area contributed by atoms with Crippen LogP contribution < -0.4 is 0 Å². The molecule has 0 unspecified atom stereocenters. The van der Waals surface area contributed by atoms with Crippen LogP contribution >= 0.6 is 0 Å². The van der Waals surface area contributed by atoms with Gasteiger partial charge in [-0.15, -0.1) is 0 Å². The Labute approximate surface area is 253 Å². The summed E-state index contributed by atoms with van der Waals surface area (Å²) in [7, 11) is 0. The van der Waals surface area contributed by atoms with Gasteiger partial charge in [-0.25, -0.2) is 0 Å². The Hall–Kier alpha value is -3.16. The van der Waals surface area contributed by atoms with Crippen molar-refractivity contribution in [1.29, 1.82) is 0 Å². The van der Waals surface area contributed by atoms with Crippen LogP contribution in [0.2, 0.25) is 0 Å². The largest absolute Gasteiger partial charge is 0.367 e. The molecule has 1 fully saturated rings. The Morgan fingerprint density at radius 2 is 0.902 bits per heavy atom. The van der Waals surface area contributed by atoms with Crippen molar-refractivity contribution < 1.29 is 4.74 Å². The van der Waals surface area contributed by atoms with E-state index in [1.165, 1.54) is 39.0 Å². The lowest BCUT2D eigenvalue weighted by Gasteiger charge is -1.98. The predicted octanol–water partition coefficient (Wildman–Crippen LogP) is 12.1. The molecule has 1 aliphatic rings. The van der Waals surface area contributed by atoms with Gasteiger partial charge in [0.25, 0.3) is 0 Å². The first kappa shape index (κ1) is 35.9. The molecule has 1 rings (SSSR count). The molecule has 1 saturated heterocycles.